The van der Waals surface area contributed by atoms with Crippen LogP contribution in [0.25, 0.3) is 0 Å². The summed E-state index contributed by atoms with van der Waals surface area (Å²) in [5, 5.41) is 0. The first-order chi connectivity index (χ1) is 9.11. The maximum Gasteiger partial charge on any atom is 0.151 e. The molecule has 2 aromatic rings. The van der Waals surface area contributed by atoms with Crippen molar-refractivity contribution in [3.8, 4) is 0 Å². The molecule has 0 unspecified atom stereocenters. The number of anilines is 2. The summed E-state index contributed by atoms with van der Waals surface area (Å²) in [6.45, 7) is 3.09. The Balaban J connectivity index is 2.32. The Morgan fingerprint density at radius 2 is 1.79 bits per heavy atom. The Morgan fingerprint density at radius 3 is 2.42 bits per heavy atom. The van der Waals surface area contributed by atoms with Gasteiger partial charge >= 0.3 is 0 Å². The Bertz CT molecular complexity index is 556. The molecule has 4 heteroatoms. The fraction of sp³-hybridized carbons (Fsp3) is 0.200. The lowest BCUT2D eigenvalue weighted by Gasteiger charge is -2.25. The van der Waals surface area contributed by atoms with Gasteiger partial charge in [0.25, 0.3) is 0 Å². The molecule has 0 aromatic heterocycles. The number of halogens is 2. The lowest BCUT2D eigenvalue weighted by molar-refractivity contribution is 0.585. The number of hydrogen-bond donors (Lipinski definition) is 1. The van der Waals surface area contributed by atoms with Crippen molar-refractivity contribution in [2.45, 2.75) is 13.5 Å². The average molecular weight is 262 g/mol. The molecule has 0 aliphatic rings. The summed E-state index contributed by atoms with van der Waals surface area (Å²) in [6.07, 6.45) is 0. The van der Waals surface area contributed by atoms with Crippen LogP contribution in [0, 0.1) is 11.6 Å². The highest BCUT2D eigenvalue weighted by molar-refractivity contribution is 5.68. The van der Waals surface area contributed by atoms with E-state index in [1.165, 1.54) is 6.07 Å². The van der Waals surface area contributed by atoms with E-state index in [9.17, 15) is 8.78 Å². The van der Waals surface area contributed by atoms with Crippen molar-refractivity contribution in [3.63, 3.8) is 0 Å². The van der Waals surface area contributed by atoms with E-state index in [-0.39, 0.29) is 5.69 Å². The zero-order valence-electron chi connectivity index (χ0n) is 10.7. The third kappa shape index (κ3) is 3.02. The fourth-order valence-electron chi connectivity index (χ4n) is 2.00. The summed E-state index contributed by atoms with van der Waals surface area (Å²) in [7, 11) is 0. The number of benzene rings is 2. The zero-order chi connectivity index (χ0) is 13.8. The largest absolute Gasteiger partial charge is 0.395 e. The molecule has 2 aromatic carbocycles. The van der Waals surface area contributed by atoms with Gasteiger partial charge in [0, 0.05) is 19.2 Å². The van der Waals surface area contributed by atoms with Crippen LogP contribution in [0.4, 0.5) is 20.2 Å². The molecule has 2 rings (SSSR count). The second kappa shape index (κ2) is 5.69. The van der Waals surface area contributed by atoms with E-state index in [0.717, 1.165) is 11.6 Å². The minimum Gasteiger partial charge on any atom is -0.395 e. The van der Waals surface area contributed by atoms with Crippen LogP contribution in [0.2, 0.25) is 0 Å². The molecule has 0 saturated carbocycles. The maximum atomic E-state index is 13.5. The topological polar surface area (TPSA) is 29.3 Å². The van der Waals surface area contributed by atoms with Gasteiger partial charge in [-0.1, -0.05) is 30.3 Å². The fourth-order valence-corrected chi connectivity index (χ4v) is 2.00. The Labute approximate surface area is 111 Å². The maximum absolute atomic E-state index is 13.5. The standard InChI is InChI=1S/C15H16F2N2/c1-2-19(10-11-6-4-3-5-7-11)14-9-12(16)8-13(17)15(14)18/h3-9H,2,10,18H2,1H3. The molecular formula is C15H16F2N2. The van der Waals surface area contributed by atoms with E-state index in [2.05, 4.69) is 0 Å². The van der Waals surface area contributed by atoms with Gasteiger partial charge in [0.1, 0.15) is 5.82 Å². The van der Waals surface area contributed by atoms with Crippen LogP contribution in [0.3, 0.4) is 0 Å². The lowest BCUT2D eigenvalue weighted by Crippen LogP contribution is -2.23. The summed E-state index contributed by atoms with van der Waals surface area (Å²) in [4.78, 5) is 1.84. The average Bonchev–Trinajstić information content (AvgIpc) is 2.41. The van der Waals surface area contributed by atoms with Crippen molar-refractivity contribution in [2.75, 3.05) is 17.2 Å². The molecule has 0 aliphatic carbocycles. The first-order valence-corrected chi connectivity index (χ1v) is 6.15. The van der Waals surface area contributed by atoms with Crippen LogP contribution in [0.15, 0.2) is 42.5 Å². The molecule has 0 heterocycles. The van der Waals surface area contributed by atoms with Crippen LogP contribution in [-0.4, -0.2) is 6.54 Å². The van der Waals surface area contributed by atoms with Gasteiger partial charge in [-0.25, -0.2) is 8.78 Å². The molecule has 0 aliphatic heterocycles. The highest BCUT2D eigenvalue weighted by atomic mass is 19.1. The van der Waals surface area contributed by atoms with Gasteiger partial charge in [0.05, 0.1) is 11.4 Å². The molecule has 2 N–H and O–H groups in total. The molecule has 100 valence electrons. The minimum atomic E-state index is -0.721. The predicted molar refractivity (Wildman–Crippen MR) is 73.9 cm³/mol. The van der Waals surface area contributed by atoms with Gasteiger partial charge < -0.3 is 10.6 Å². The Hall–Kier alpha value is -2.10. The number of nitrogens with zero attached hydrogens (tertiary/aromatic N) is 1. The molecule has 0 amide bonds. The monoisotopic (exact) mass is 262 g/mol. The Morgan fingerprint density at radius 1 is 1.11 bits per heavy atom. The van der Waals surface area contributed by atoms with Crippen LogP contribution >= 0.6 is 0 Å². The smallest absolute Gasteiger partial charge is 0.151 e. The van der Waals surface area contributed by atoms with Crippen molar-refractivity contribution in [1.29, 1.82) is 0 Å². The van der Waals surface area contributed by atoms with Crippen molar-refractivity contribution < 1.29 is 8.78 Å². The molecule has 0 radical (unpaired) electrons. The summed E-state index contributed by atoms with van der Waals surface area (Å²) in [5.41, 5.74) is 7.14. The first kappa shape index (κ1) is 13.3. The number of rotatable bonds is 4. The van der Waals surface area contributed by atoms with E-state index in [0.29, 0.717) is 18.8 Å². The third-order valence-electron chi connectivity index (χ3n) is 3.01. The second-order valence-electron chi connectivity index (χ2n) is 4.32. The third-order valence-corrected chi connectivity index (χ3v) is 3.01. The number of nitrogen functional groups attached to an aromatic ring is 1. The quantitative estimate of drug-likeness (QED) is 0.853. The van der Waals surface area contributed by atoms with Crippen LogP contribution < -0.4 is 10.6 Å². The predicted octanol–water partition coefficient (Wildman–Crippen LogP) is 3.57. The Kier molecular flexibility index (Phi) is 4.00. The van der Waals surface area contributed by atoms with E-state index in [1.54, 1.807) is 0 Å². The van der Waals surface area contributed by atoms with Gasteiger partial charge in [-0.05, 0) is 18.6 Å². The zero-order valence-corrected chi connectivity index (χ0v) is 10.7. The first-order valence-electron chi connectivity index (χ1n) is 6.15. The van der Waals surface area contributed by atoms with Gasteiger partial charge in [0.2, 0.25) is 0 Å². The summed E-state index contributed by atoms with van der Waals surface area (Å²) >= 11 is 0. The molecule has 0 spiro atoms. The molecule has 2 nitrogen and oxygen atoms in total. The SMILES string of the molecule is CCN(Cc1ccccc1)c1cc(F)cc(F)c1N. The van der Waals surface area contributed by atoms with Gasteiger partial charge in [-0.3, -0.25) is 0 Å². The molecule has 0 atom stereocenters. The highest BCUT2D eigenvalue weighted by Gasteiger charge is 2.14. The second-order valence-corrected chi connectivity index (χ2v) is 4.32. The molecule has 0 saturated heterocycles. The molecular weight excluding hydrogens is 246 g/mol. The number of nitrogens with two attached hydrogens (primary N) is 1. The summed E-state index contributed by atoms with van der Waals surface area (Å²) < 4.78 is 26.8. The van der Waals surface area contributed by atoms with E-state index in [1.807, 2.05) is 42.2 Å². The van der Waals surface area contributed by atoms with Crippen molar-refractivity contribution in [2.24, 2.45) is 0 Å². The van der Waals surface area contributed by atoms with Crippen LogP contribution in [-0.2, 0) is 6.54 Å². The van der Waals surface area contributed by atoms with E-state index < -0.39 is 11.6 Å². The molecule has 0 bridgehead atoms. The summed E-state index contributed by atoms with van der Waals surface area (Å²) in [6, 6.07) is 11.8. The van der Waals surface area contributed by atoms with Gasteiger partial charge in [-0.15, -0.1) is 0 Å². The summed E-state index contributed by atoms with van der Waals surface area (Å²) in [5.74, 6) is -1.34. The van der Waals surface area contributed by atoms with E-state index >= 15 is 0 Å². The van der Waals surface area contributed by atoms with Crippen molar-refractivity contribution in [3.05, 3.63) is 59.7 Å². The van der Waals surface area contributed by atoms with Gasteiger partial charge in [0.15, 0.2) is 5.82 Å². The molecule has 19 heavy (non-hydrogen) atoms. The van der Waals surface area contributed by atoms with Crippen molar-refractivity contribution in [1.82, 2.24) is 0 Å². The van der Waals surface area contributed by atoms with E-state index in [4.69, 9.17) is 5.73 Å². The normalized spacial score (nSPS) is 10.5. The number of hydrogen-bond acceptors (Lipinski definition) is 2. The highest BCUT2D eigenvalue weighted by Crippen LogP contribution is 2.28. The molecule has 0 fully saturated rings. The van der Waals surface area contributed by atoms with Crippen LogP contribution in [0.5, 0.6) is 0 Å². The van der Waals surface area contributed by atoms with Crippen LogP contribution in [0.1, 0.15) is 12.5 Å². The lowest BCUT2D eigenvalue weighted by atomic mass is 10.1. The van der Waals surface area contributed by atoms with Gasteiger partial charge in [-0.2, -0.15) is 0 Å². The minimum absolute atomic E-state index is 0.0146. The van der Waals surface area contributed by atoms with Crippen molar-refractivity contribution >= 4 is 11.4 Å².